The third-order valence-corrected chi connectivity index (χ3v) is 3.79. The number of aromatic nitrogens is 6. The summed E-state index contributed by atoms with van der Waals surface area (Å²) in [6, 6.07) is 0. The zero-order chi connectivity index (χ0) is 14.4. The van der Waals surface area contributed by atoms with Crippen LogP contribution in [0.3, 0.4) is 0 Å². The van der Waals surface area contributed by atoms with Gasteiger partial charge in [0.05, 0.1) is 18.4 Å². The second kappa shape index (κ2) is 4.45. The Morgan fingerprint density at radius 3 is 2.70 bits per heavy atom. The van der Waals surface area contributed by atoms with Crippen molar-refractivity contribution in [1.82, 2.24) is 29.1 Å². The zero-order valence-corrected chi connectivity index (χ0v) is 12.1. The molecular weight excluding hydrogens is 280 g/mol. The van der Waals surface area contributed by atoms with Crippen molar-refractivity contribution < 1.29 is 0 Å². The van der Waals surface area contributed by atoms with Crippen LogP contribution < -0.4 is 5.56 Å². The van der Waals surface area contributed by atoms with Crippen molar-refractivity contribution in [3.8, 4) is 0 Å². The van der Waals surface area contributed by atoms with E-state index in [9.17, 15) is 4.79 Å². The van der Waals surface area contributed by atoms with E-state index in [0.29, 0.717) is 22.7 Å². The molecule has 0 bridgehead atoms. The highest BCUT2D eigenvalue weighted by atomic mass is 35.5. The molecule has 20 heavy (non-hydrogen) atoms. The summed E-state index contributed by atoms with van der Waals surface area (Å²) in [6.45, 7) is 2.21. The van der Waals surface area contributed by atoms with Gasteiger partial charge in [0, 0.05) is 19.7 Å². The van der Waals surface area contributed by atoms with Crippen molar-refractivity contribution in [1.29, 1.82) is 0 Å². The molecule has 7 nitrogen and oxygen atoms in total. The summed E-state index contributed by atoms with van der Waals surface area (Å²) in [6.07, 6.45) is 3.04. The fraction of sp³-hybridized carbons (Fsp3) is 0.333. The summed E-state index contributed by atoms with van der Waals surface area (Å²) < 4.78 is 4.68. The Kier molecular flexibility index (Phi) is 2.86. The monoisotopic (exact) mass is 292 g/mol. The maximum absolute atomic E-state index is 12.4. The first-order chi connectivity index (χ1) is 9.49. The third kappa shape index (κ3) is 1.82. The standard InChI is InChI=1S/C12H13ClN6O/c1-7-9(10(13)17(2)16-7)5-19-6-14-11-8(12(19)20)4-15-18(11)3/h4,6H,5H2,1-3H3. The van der Waals surface area contributed by atoms with Crippen LogP contribution in [0.15, 0.2) is 17.3 Å². The molecule has 0 fully saturated rings. The van der Waals surface area contributed by atoms with Crippen molar-refractivity contribution in [3.63, 3.8) is 0 Å². The van der Waals surface area contributed by atoms with Gasteiger partial charge in [-0.2, -0.15) is 10.2 Å². The molecule has 0 N–H and O–H groups in total. The van der Waals surface area contributed by atoms with Crippen molar-refractivity contribution in [2.45, 2.75) is 13.5 Å². The van der Waals surface area contributed by atoms with E-state index in [1.807, 2.05) is 6.92 Å². The average molecular weight is 293 g/mol. The number of hydrogen-bond donors (Lipinski definition) is 0. The SMILES string of the molecule is Cc1nn(C)c(Cl)c1Cn1cnc2c(cnn2C)c1=O. The molecule has 0 aliphatic rings. The predicted octanol–water partition coefficient (Wildman–Crippen LogP) is 0.874. The summed E-state index contributed by atoms with van der Waals surface area (Å²) in [5, 5.41) is 9.30. The van der Waals surface area contributed by atoms with Gasteiger partial charge in [-0.3, -0.25) is 18.7 Å². The highest BCUT2D eigenvalue weighted by Crippen LogP contribution is 2.19. The third-order valence-electron chi connectivity index (χ3n) is 3.32. The van der Waals surface area contributed by atoms with Crippen LogP contribution in [0.1, 0.15) is 11.3 Å². The molecule has 0 aliphatic carbocycles. The molecule has 0 aromatic carbocycles. The Bertz CT molecular complexity index is 859. The lowest BCUT2D eigenvalue weighted by atomic mass is 10.2. The molecule has 104 valence electrons. The molecule has 8 heteroatoms. The van der Waals surface area contributed by atoms with E-state index in [0.717, 1.165) is 11.3 Å². The molecule has 0 saturated carbocycles. The van der Waals surface area contributed by atoms with Gasteiger partial charge in [-0.15, -0.1) is 0 Å². The van der Waals surface area contributed by atoms with Crippen molar-refractivity contribution in [3.05, 3.63) is 39.3 Å². The Labute approximate surface area is 119 Å². The lowest BCUT2D eigenvalue weighted by Gasteiger charge is -2.05. The van der Waals surface area contributed by atoms with E-state index in [4.69, 9.17) is 11.6 Å². The predicted molar refractivity (Wildman–Crippen MR) is 74.8 cm³/mol. The first kappa shape index (κ1) is 12.9. The first-order valence-electron chi connectivity index (χ1n) is 6.04. The molecule has 0 amide bonds. The van der Waals surface area contributed by atoms with E-state index in [1.165, 1.54) is 17.1 Å². The van der Waals surface area contributed by atoms with Gasteiger partial charge < -0.3 is 0 Å². The van der Waals surface area contributed by atoms with Crippen LogP contribution in [0.2, 0.25) is 5.15 Å². The summed E-state index contributed by atoms with van der Waals surface area (Å²) in [7, 11) is 3.52. The number of aryl methyl sites for hydroxylation is 3. The fourth-order valence-corrected chi connectivity index (χ4v) is 2.44. The quantitative estimate of drug-likeness (QED) is 0.703. The largest absolute Gasteiger partial charge is 0.294 e. The summed E-state index contributed by atoms with van der Waals surface area (Å²) >= 11 is 6.19. The van der Waals surface area contributed by atoms with Gasteiger partial charge in [0.15, 0.2) is 5.65 Å². The molecule has 3 rings (SSSR count). The van der Waals surface area contributed by atoms with Crippen LogP contribution in [0.4, 0.5) is 0 Å². The normalized spacial score (nSPS) is 11.4. The lowest BCUT2D eigenvalue weighted by Crippen LogP contribution is -2.21. The van der Waals surface area contributed by atoms with Crippen LogP contribution in [-0.4, -0.2) is 29.1 Å². The maximum Gasteiger partial charge on any atom is 0.264 e. The van der Waals surface area contributed by atoms with E-state index in [2.05, 4.69) is 15.2 Å². The molecule has 0 spiro atoms. The second-order valence-corrected chi connectivity index (χ2v) is 5.02. The van der Waals surface area contributed by atoms with Crippen molar-refractivity contribution in [2.75, 3.05) is 0 Å². The number of fused-ring (bicyclic) bond motifs is 1. The van der Waals surface area contributed by atoms with Gasteiger partial charge >= 0.3 is 0 Å². The van der Waals surface area contributed by atoms with Crippen molar-refractivity contribution in [2.24, 2.45) is 14.1 Å². The fourth-order valence-electron chi connectivity index (χ4n) is 2.20. The molecule has 3 aromatic heterocycles. The Morgan fingerprint density at radius 2 is 2.05 bits per heavy atom. The van der Waals surface area contributed by atoms with E-state index < -0.39 is 0 Å². The Balaban J connectivity index is 2.12. The Hall–Kier alpha value is -2.15. The van der Waals surface area contributed by atoms with Gasteiger partial charge in [0.25, 0.3) is 5.56 Å². The molecule has 0 aliphatic heterocycles. The van der Waals surface area contributed by atoms with Crippen molar-refractivity contribution >= 4 is 22.6 Å². The van der Waals surface area contributed by atoms with Crippen LogP contribution >= 0.6 is 11.6 Å². The Morgan fingerprint density at radius 1 is 1.30 bits per heavy atom. The average Bonchev–Trinajstić information content (AvgIpc) is 2.89. The topological polar surface area (TPSA) is 70.5 Å². The maximum atomic E-state index is 12.4. The highest BCUT2D eigenvalue weighted by molar-refractivity contribution is 6.30. The minimum Gasteiger partial charge on any atom is -0.294 e. The van der Waals surface area contributed by atoms with Crippen LogP contribution in [0.25, 0.3) is 11.0 Å². The molecular formula is C12H13ClN6O. The molecule has 0 saturated heterocycles. The zero-order valence-electron chi connectivity index (χ0n) is 11.3. The van der Waals surface area contributed by atoms with Gasteiger partial charge in [-0.05, 0) is 6.92 Å². The number of halogens is 1. The molecule has 0 unspecified atom stereocenters. The number of rotatable bonds is 2. The van der Waals surface area contributed by atoms with E-state index in [1.54, 1.807) is 23.5 Å². The van der Waals surface area contributed by atoms with Crippen LogP contribution in [-0.2, 0) is 20.6 Å². The van der Waals surface area contributed by atoms with Gasteiger partial charge in [0.2, 0.25) is 0 Å². The second-order valence-electron chi connectivity index (χ2n) is 4.66. The van der Waals surface area contributed by atoms with Gasteiger partial charge in [0.1, 0.15) is 16.9 Å². The summed E-state index contributed by atoms with van der Waals surface area (Å²) in [5.41, 5.74) is 2.06. The minimum absolute atomic E-state index is 0.137. The molecule has 3 aromatic rings. The van der Waals surface area contributed by atoms with E-state index in [-0.39, 0.29) is 5.56 Å². The highest BCUT2D eigenvalue weighted by Gasteiger charge is 2.14. The van der Waals surface area contributed by atoms with Crippen LogP contribution in [0.5, 0.6) is 0 Å². The van der Waals surface area contributed by atoms with Gasteiger partial charge in [-0.25, -0.2) is 4.98 Å². The smallest absolute Gasteiger partial charge is 0.264 e. The van der Waals surface area contributed by atoms with E-state index >= 15 is 0 Å². The number of nitrogens with zero attached hydrogens (tertiary/aromatic N) is 6. The number of hydrogen-bond acceptors (Lipinski definition) is 4. The lowest BCUT2D eigenvalue weighted by molar-refractivity contribution is 0.733. The molecule has 0 radical (unpaired) electrons. The first-order valence-corrected chi connectivity index (χ1v) is 6.42. The minimum atomic E-state index is -0.137. The molecule has 3 heterocycles. The van der Waals surface area contributed by atoms with Gasteiger partial charge in [-0.1, -0.05) is 11.6 Å². The van der Waals surface area contributed by atoms with Crippen LogP contribution in [0, 0.1) is 6.92 Å². The molecule has 0 atom stereocenters. The summed E-state index contributed by atoms with van der Waals surface area (Å²) in [5.74, 6) is 0. The summed E-state index contributed by atoms with van der Waals surface area (Å²) in [4.78, 5) is 16.6.